The lowest BCUT2D eigenvalue weighted by molar-refractivity contribution is 1.18. The second kappa shape index (κ2) is 15.7. The zero-order valence-electron chi connectivity index (χ0n) is 37.5. The van der Waals surface area contributed by atoms with Crippen molar-refractivity contribution in [3.63, 3.8) is 0 Å². The first-order valence-electron chi connectivity index (χ1n) is 23.6. The Bertz CT molecular complexity index is 4320. The molecule has 3 nitrogen and oxygen atoms in total. The highest BCUT2D eigenvalue weighted by atomic mass is 15.0. The third-order valence-electron chi connectivity index (χ3n) is 14.3. The lowest BCUT2D eigenvalue weighted by atomic mass is 9.87. The molecule has 0 radical (unpaired) electrons. The minimum Gasteiger partial charge on any atom is -0.309 e. The summed E-state index contributed by atoms with van der Waals surface area (Å²) in [7, 11) is 0. The van der Waals surface area contributed by atoms with E-state index in [4.69, 9.17) is 9.97 Å². The molecular weight excluding hydrogens is 835 g/mol. The summed E-state index contributed by atoms with van der Waals surface area (Å²) in [6.45, 7) is 0. The van der Waals surface area contributed by atoms with Crippen LogP contribution in [0.25, 0.3) is 137 Å². The smallest absolute Gasteiger partial charge is 0.0979 e. The molecule has 0 aliphatic carbocycles. The van der Waals surface area contributed by atoms with Crippen LogP contribution < -0.4 is 0 Å². The number of rotatable bonds is 6. The molecule has 14 aromatic rings. The van der Waals surface area contributed by atoms with E-state index >= 15 is 0 Å². The first-order chi connectivity index (χ1) is 34.2. The Hall–Kier alpha value is -9.18. The predicted octanol–water partition coefficient (Wildman–Crippen LogP) is 17.7. The Kier molecular flexibility index (Phi) is 8.90. The number of fused-ring (bicyclic) bond motifs is 11. The van der Waals surface area contributed by atoms with Gasteiger partial charge in [-0.1, -0.05) is 212 Å². The Labute approximate surface area is 398 Å². The van der Waals surface area contributed by atoms with E-state index in [1.165, 1.54) is 93.1 Å². The molecule has 0 fully saturated rings. The van der Waals surface area contributed by atoms with Gasteiger partial charge in [0.1, 0.15) is 0 Å². The Morgan fingerprint density at radius 2 is 0.739 bits per heavy atom. The highest BCUT2D eigenvalue weighted by Crippen LogP contribution is 2.43. The number of aromatic nitrogens is 3. The van der Waals surface area contributed by atoms with Gasteiger partial charge in [0.2, 0.25) is 0 Å². The normalized spacial score (nSPS) is 11.8. The maximum Gasteiger partial charge on any atom is 0.0979 e. The Morgan fingerprint density at radius 1 is 0.261 bits per heavy atom. The van der Waals surface area contributed by atoms with E-state index in [0.717, 1.165) is 44.3 Å². The molecule has 0 unspecified atom stereocenters. The van der Waals surface area contributed by atoms with Gasteiger partial charge in [-0.05, 0) is 107 Å². The van der Waals surface area contributed by atoms with Crippen molar-refractivity contribution in [2.24, 2.45) is 0 Å². The molecule has 2 aromatic heterocycles. The van der Waals surface area contributed by atoms with Crippen LogP contribution in [0.15, 0.2) is 249 Å². The summed E-state index contributed by atoms with van der Waals surface area (Å²) in [6.07, 6.45) is 1.93. The highest BCUT2D eigenvalue weighted by molar-refractivity contribution is 6.23. The minimum absolute atomic E-state index is 0.858. The fourth-order valence-electron chi connectivity index (χ4n) is 11.0. The van der Waals surface area contributed by atoms with E-state index < -0.39 is 0 Å². The van der Waals surface area contributed by atoms with Gasteiger partial charge in [-0.3, -0.25) is 4.98 Å². The van der Waals surface area contributed by atoms with Gasteiger partial charge in [0.15, 0.2) is 0 Å². The molecule has 0 aliphatic heterocycles. The van der Waals surface area contributed by atoms with Crippen molar-refractivity contribution in [3.8, 4) is 61.5 Å². The van der Waals surface area contributed by atoms with Crippen molar-refractivity contribution in [3.05, 3.63) is 249 Å². The predicted molar refractivity (Wildman–Crippen MR) is 291 cm³/mol. The van der Waals surface area contributed by atoms with Gasteiger partial charge in [-0.15, -0.1) is 0 Å². The van der Waals surface area contributed by atoms with E-state index in [-0.39, 0.29) is 0 Å². The van der Waals surface area contributed by atoms with Crippen molar-refractivity contribution < 1.29 is 0 Å². The molecule has 2 heterocycles. The summed E-state index contributed by atoms with van der Waals surface area (Å²) in [4.78, 5) is 10.4. The van der Waals surface area contributed by atoms with Gasteiger partial charge < -0.3 is 4.57 Å². The summed E-state index contributed by atoms with van der Waals surface area (Å²) in [5.41, 5.74) is 16.9. The fourth-order valence-corrected chi connectivity index (χ4v) is 11.0. The van der Waals surface area contributed by atoms with E-state index in [2.05, 4.69) is 247 Å². The number of hydrogen-bond acceptors (Lipinski definition) is 2. The molecular formula is C66H41N3. The van der Waals surface area contributed by atoms with Crippen LogP contribution in [0.3, 0.4) is 0 Å². The van der Waals surface area contributed by atoms with Gasteiger partial charge >= 0.3 is 0 Å². The SMILES string of the molecule is c1ccc(-n2c3ccccc3c3ccc(-c4ccc(-c5ccc(-c6ccc(-c7cccc(-c8cnc9c%10ccccc%10c%10ccccc%10c9n8)c7)c7ccccc67)c6ccccc56)cc4)cc32)cc1. The third kappa shape index (κ3) is 6.29. The molecule has 0 saturated heterocycles. The first kappa shape index (κ1) is 39.0. The van der Waals surface area contributed by atoms with Gasteiger partial charge in [0.05, 0.1) is 34.0 Å². The lowest BCUT2D eigenvalue weighted by Gasteiger charge is -2.16. The van der Waals surface area contributed by atoms with E-state index in [1.807, 2.05) is 6.20 Å². The third-order valence-corrected chi connectivity index (χ3v) is 14.3. The lowest BCUT2D eigenvalue weighted by Crippen LogP contribution is -1.93. The quantitative estimate of drug-likeness (QED) is 0.156. The monoisotopic (exact) mass is 875 g/mol. The maximum atomic E-state index is 5.32. The van der Waals surface area contributed by atoms with Crippen molar-refractivity contribution in [2.75, 3.05) is 0 Å². The van der Waals surface area contributed by atoms with Gasteiger partial charge in [0.25, 0.3) is 0 Å². The zero-order valence-corrected chi connectivity index (χ0v) is 37.5. The number of para-hydroxylation sites is 2. The summed E-state index contributed by atoms with van der Waals surface area (Å²) in [5, 5.41) is 12.0. The van der Waals surface area contributed by atoms with Gasteiger partial charge in [-0.25, -0.2) is 4.98 Å². The van der Waals surface area contributed by atoms with Crippen LogP contribution in [-0.2, 0) is 0 Å². The second-order valence-electron chi connectivity index (χ2n) is 18.0. The first-order valence-corrected chi connectivity index (χ1v) is 23.6. The highest BCUT2D eigenvalue weighted by Gasteiger charge is 2.18. The average Bonchev–Trinajstić information content (AvgIpc) is 3.76. The molecule has 0 N–H and O–H groups in total. The number of nitrogens with zero attached hydrogens (tertiary/aromatic N) is 3. The molecule has 0 bridgehead atoms. The maximum absolute atomic E-state index is 5.32. The van der Waals surface area contributed by atoms with Crippen LogP contribution in [-0.4, -0.2) is 14.5 Å². The number of benzene rings is 12. The summed E-state index contributed by atoms with van der Waals surface area (Å²) in [6, 6.07) is 88.0. The Morgan fingerprint density at radius 3 is 1.41 bits per heavy atom. The molecule has 320 valence electrons. The van der Waals surface area contributed by atoms with Crippen LogP contribution in [0.5, 0.6) is 0 Å². The van der Waals surface area contributed by atoms with Crippen LogP contribution >= 0.6 is 0 Å². The molecule has 0 spiro atoms. The fraction of sp³-hybridized carbons (Fsp3) is 0. The zero-order chi connectivity index (χ0) is 45.4. The molecule has 0 atom stereocenters. The van der Waals surface area contributed by atoms with Crippen LogP contribution in [0.2, 0.25) is 0 Å². The molecule has 14 rings (SSSR count). The van der Waals surface area contributed by atoms with Gasteiger partial charge in [-0.2, -0.15) is 0 Å². The topological polar surface area (TPSA) is 30.7 Å². The summed E-state index contributed by atoms with van der Waals surface area (Å²) >= 11 is 0. The average molecular weight is 876 g/mol. The summed E-state index contributed by atoms with van der Waals surface area (Å²) < 4.78 is 2.38. The van der Waals surface area contributed by atoms with E-state index in [0.29, 0.717) is 0 Å². The van der Waals surface area contributed by atoms with Crippen LogP contribution in [0, 0.1) is 0 Å². The van der Waals surface area contributed by atoms with Gasteiger partial charge in [0, 0.05) is 32.8 Å². The Balaban J connectivity index is 0.823. The molecule has 12 aromatic carbocycles. The van der Waals surface area contributed by atoms with Crippen molar-refractivity contribution in [1.82, 2.24) is 14.5 Å². The van der Waals surface area contributed by atoms with E-state index in [9.17, 15) is 0 Å². The number of hydrogen-bond donors (Lipinski definition) is 0. The summed E-state index contributed by atoms with van der Waals surface area (Å²) in [5.74, 6) is 0. The molecule has 3 heteroatoms. The van der Waals surface area contributed by atoms with Crippen molar-refractivity contribution in [2.45, 2.75) is 0 Å². The largest absolute Gasteiger partial charge is 0.309 e. The second-order valence-corrected chi connectivity index (χ2v) is 18.0. The molecule has 0 amide bonds. The molecule has 0 saturated carbocycles. The van der Waals surface area contributed by atoms with Crippen LogP contribution in [0.1, 0.15) is 0 Å². The van der Waals surface area contributed by atoms with Crippen LogP contribution in [0.4, 0.5) is 0 Å². The van der Waals surface area contributed by atoms with Crippen molar-refractivity contribution >= 4 is 75.9 Å². The van der Waals surface area contributed by atoms with E-state index in [1.54, 1.807) is 0 Å². The van der Waals surface area contributed by atoms with Crippen molar-refractivity contribution in [1.29, 1.82) is 0 Å². The standard InChI is InChI=1S/C66H41N3/c1-2-17-47(18-3-1)69-63-28-13-12-25-58(63)59-34-33-44(40-64(59)69)42-29-31-43(32-30-42)48-35-37-56(52-21-6-4-19-50(48)52)57-38-36-49(51-20-5-7-22-53(51)57)45-15-14-16-46(39-45)62-41-67-65-60-26-10-8-23-54(60)55-24-9-11-27-61(55)66(65)68-62/h1-41H. The molecule has 69 heavy (non-hydrogen) atoms. The molecule has 0 aliphatic rings. The minimum atomic E-state index is 0.858.